The van der Waals surface area contributed by atoms with Gasteiger partial charge < -0.3 is 0 Å². The zero-order valence-electron chi connectivity index (χ0n) is 8.80. The maximum absolute atomic E-state index is 3.82. The number of allylic oxidation sites excluding steroid dienone is 1. The standard InChI is InChI=1S/C12H21Br/c1-4-6-10-7-11(9(3)5-2)12(13)8-10/h4,9-12H,1,5-8H2,2-3H3. The molecular formula is C12H21Br. The molecule has 0 aromatic heterocycles. The van der Waals surface area contributed by atoms with Gasteiger partial charge in [0.2, 0.25) is 0 Å². The predicted molar refractivity (Wildman–Crippen MR) is 63.2 cm³/mol. The number of hydrogen-bond donors (Lipinski definition) is 0. The number of rotatable bonds is 4. The Labute approximate surface area is 90.9 Å². The van der Waals surface area contributed by atoms with Crippen molar-refractivity contribution in [2.75, 3.05) is 0 Å². The molecule has 0 aliphatic heterocycles. The average molecular weight is 245 g/mol. The van der Waals surface area contributed by atoms with E-state index >= 15 is 0 Å². The van der Waals surface area contributed by atoms with E-state index in [9.17, 15) is 0 Å². The van der Waals surface area contributed by atoms with Gasteiger partial charge in [-0.25, -0.2) is 0 Å². The lowest BCUT2D eigenvalue weighted by Crippen LogP contribution is -2.15. The summed E-state index contributed by atoms with van der Waals surface area (Å²) in [4.78, 5) is 0.757. The molecule has 1 heteroatoms. The van der Waals surface area contributed by atoms with Crippen LogP contribution < -0.4 is 0 Å². The normalized spacial score (nSPS) is 36.1. The molecule has 1 fully saturated rings. The van der Waals surface area contributed by atoms with Gasteiger partial charge in [-0.05, 0) is 37.0 Å². The Kier molecular flexibility index (Phi) is 4.51. The summed E-state index contributed by atoms with van der Waals surface area (Å²) in [6.45, 7) is 8.50. The van der Waals surface area contributed by atoms with Gasteiger partial charge in [-0.3, -0.25) is 0 Å². The number of alkyl halides is 1. The molecule has 1 rings (SSSR count). The first kappa shape index (κ1) is 11.3. The van der Waals surface area contributed by atoms with Crippen LogP contribution in [0, 0.1) is 17.8 Å². The lowest BCUT2D eigenvalue weighted by Gasteiger charge is -2.20. The van der Waals surface area contributed by atoms with Crippen molar-refractivity contribution < 1.29 is 0 Å². The molecule has 13 heavy (non-hydrogen) atoms. The van der Waals surface area contributed by atoms with E-state index in [0.717, 1.165) is 22.6 Å². The van der Waals surface area contributed by atoms with Crippen LogP contribution in [0.5, 0.6) is 0 Å². The Bertz CT molecular complexity index is 165. The molecule has 0 nitrogen and oxygen atoms in total. The SMILES string of the molecule is C=CCC1CC(Br)C(C(C)CC)C1. The molecule has 76 valence electrons. The quantitative estimate of drug-likeness (QED) is 0.508. The first-order chi connectivity index (χ1) is 6.19. The van der Waals surface area contributed by atoms with Gasteiger partial charge >= 0.3 is 0 Å². The lowest BCUT2D eigenvalue weighted by molar-refractivity contribution is 0.351. The molecule has 0 spiro atoms. The summed E-state index contributed by atoms with van der Waals surface area (Å²) in [6.07, 6.45) is 7.34. The van der Waals surface area contributed by atoms with Gasteiger partial charge in [0.25, 0.3) is 0 Å². The molecule has 1 aliphatic carbocycles. The highest BCUT2D eigenvalue weighted by Crippen LogP contribution is 2.42. The first-order valence-corrected chi connectivity index (χ1v) is 6.35. The van der Waals surface area contributed by atoms with Crippen molar-refractivity contribution in [1.82, 2.24) is 0 Å². The van der Waals surface area contributed by atoms with Crippen molar-refractivity contribution in [2.45, 2.75) is 44.4 Å². The van der Waals surface area contributed by atoms with Crippen molar-refractivity contribution in [3.05, 3.63) is 12.7 Å². The third-order valence-corrected chi connectivity index (χ3v) is 4.56. The Balaban J connectivity index is 2.45. The fourth-order valence-corrected chi connectivity index (χ4v) is 3.71. The number of hydrogen-bond acceptors (Lipinski definition) is 0. The van der Waals surface area contributed by atoms with E-state index in [4.69, 9.17) is 0 Å². The van der Waals surface area contributed by atoms with Crippen LogP contribution in [-0.2, 0) is 0 Å². The second-order valence-corrected chi connectivity index (χ2v) is 5.60. The fraction of sp³-hybridized carbons (Fsp3) is 0.833. The molecule has 0 aromatic carbocycles. The largest absolute Gasteiger partial charge is 0.103 e. The van der Waals surface area contributed by atoms with Crippen LogP contribution >= 0.6 is 15.9 Å². The van der Waals surface area contributed by atoms with Gasteiger partial charge in [0.1, 0.15) is 0 Å². The number of halogens is 1. The molecule has 0 aromatic rings. The molecule has 1 aliphatic rings. The minimum atomic E-state index is 0.757. The predicted octanol–water partition coefficient (Wildman–Crippen LogP) is 4.40. The van der Waals surface area contributed by atoms with Crippen molar-refractivity contribution >= 4 is 15.9 Å². The first-order valence-electron chi connectivity index (χ1n) is 5.44. The monoisotopic (exact) mass is 244 g/mol. The van der Waals surface area contributed by atoms with Crippen LogP contribution in [0.3, 0.4) is 0 Å². The molecular weight excluding hydrogens is 224 g/mol. The average Bonchev–Trinajstić information content (AvgIpc) is 2.46. The van der Waals surface area contributed by atoms with Gasteiger partial charge in [0.15, 0.2) is 0 Å². The molecule has 0 N–H and O–H groups in total. The van der Waals surface area contributed by atoms with Crippen molar-refractivity contribution in [3.8, 4) is 0 Å². The highest BCUT2D eigenvalue weighted by atomic mass is 79.9. The summed E-state index contributed by atoms with van der Waals surface area (Å²) in [5, 5.41) is 0. The minimum absolute atomic E-state index is 0.757. The highest BCUT2D eigenvalue weighted by Gasteiger charge is 2.34. The van der Waals surface area contributed by atoms with Gasteiger partial charge in [-0.15, -0.1) is 6.58 Å². The lowest BCUT2D eigenvalue weighted by atomic mass is 9.89. The summed E-state index contributed by atoms with van der Waals surface area (Å²) in [7, 11) is 0. The van der Waals surface area contributed by atoms with Crippen molar-refractivity contribution in [3.63, 3.8) is 0 Å². The zero-order chi connectivity index (χ0) is 9.84. The van der Waals surface area contributed by atoms with Crippen molar-refractivity contribution in [1.29, 1.82) is 0 Å². The zero-order valence-corrected chi connectivity index (χ0v) is 10.4. The van der Waals surface area contributed by atoms with E-state index in [-0.39, 0.29) is 0 Å². The van der Waals surface area contributed by atoms with Crippen LogP contribution in [0.25, 0.3) is 0 Å². The minimum Gasteiger partial charge on any atom is -0.103 e. The Morgan fingerprint density at radius 1 is 1.54 bits per heavy atom. The van der Waals surface area contributed by atoms with Gasteiger partial charge in [-0.2, -0.15) is 0 Å². The molecule has 4 unspecified atom stereocenters. The maximum atomic E-state index is 3.82. The topological polar surface area (TPSA) is 0 Å². The van der Waals surface area contributed by atoms with Crippen LogP contribution in [0.15, 0.2) is 12.7 Å². The molecule has 0 heterocycles. The van der Waals surface area contributed by atoms with Crippen LogP contribution in [0.4, 0.5) is 0 Å². The summed E-state index contributed by atoms with van der Waals surface area (Å²) >= 11 is 3.82. The van der Waals surface area contributed by atoms with E-state index in [2.05, 4.69) is 42.4 Å². The smallest absolute Gasteiger partial charge is 0.0179 e. The summed E-state index contributed by atoms with van der Waals surface area (Å²) in [5.41, 5.74) is 0. The van der Waals surface area contributed by atoms with Gasteiger partial charge in [0, 0.05) is 4.83 Å². The Morgan fingerprint density at radius 2 is 2.23 bits per heavy atom. The molecule has 1 saturated carbocycles. The van der Waals surface area contributed by atoms with E-state index in [0.29, 0.717) is 0 Å². The highest BCUT2D eigenvalue weighted by molar-refractivity contribution is 9.09. The summed E-state index contributed by atoms with van der Waals surface area (Å²) in [6, 6.07) is 0. The Morgan fingerprint density at radius 3 is 2.77 bits per heavy atom. The van der Waals surface area contributed by atoms with Crippen LogP contribution in [0.2, 0.25) is 0 Å². The maximum Gasteiger partial charge on any atom is 0.0179 e. The van der Waals surface area contributed by atoms with E-state index < -0.39 is 0 Å². The van der Waals surface area contributed by atoms with Gasteiger partial charge in [-0.1, -0.05) is 42.3 Å². The Hall–Kier alpha value is 0.220. The molecule has 0 radical (unpaired) electrons. The third-order valence-electron chi connectivity index (χ3n) is 3.50. The van der Waals surface area contributed by atoms with Gasteiger partial charge in [0.05, 0.1) is 0 Å². The fourth-order valence-electron chi connectivity index (χ4n) is 2.44. The molecule has 0 amide bonds. The second kappa shape index (κ2) is 5.19. The van der Waals surface area contributed by atoms with Crippen LogP contribution in [0.1, 0.15) is 39.5 Å². The molecule has 4 atom stereocenters. The van der Waals surface area contributed by atoms with Crippen molar-refractivity contribution in [2.24, 2.45) is 17.8 Å². The van der Waals surface area contributed by atoms with E-state index in [1.807, 2.05) is 0 Å². The second-order valence-electron chi connectivity index (χ2n) is 4.43. The summed E-state index contributed by atoms with van der Waals surface area (Å²) < 4.78 is 0. The third kappa shape index (κ3) is 2.83. The van der Waals surface area contributed by atoms with E-state index in [1.54, 1.807) is 0 Å². The molecule has 0 saturated heterocycles. The van der Waals surface area contributed by atoms with Crippen LogP contribution in [-0.4, -0.2) is 4.83 Å². The molecule has 0 bridgehead atoms. The van der Waals surface area contributed by atoms with E-state index in [1.165, 1.54) is 25.7 Å². The summed E-state index contributed by atoms with van der Waals surface area (Å²) in [5.74, 6) is 2.66.